The van der Waals surface area contributed by atoms with Crippen LogP contribution in [0.2, 0.25) is 0 Å². The number of halogens is 1. The van der Waals surface area contributed by atoms with Crippen molar-refractivity contribution < 1.29 is 9.13 Å². The lowest BCUT2D eigenvalue weighted by molar-refractivity contribution is 0.136. The van der Waals surface area contributed by atoms with Crippen LogP contribution in [-0.4, -0.2) is 44.3 Å². The highest BCUT2D eigenvalue weighted by Crippen LogP contribution is 2.19. The molecule has 1 heterocycles. The molecular weight excluding hydrogens is 307 g/mol. The van der Waals surface area contributed by atoms with Crippen molar-refractivity contribution in [2.75, 3.05) is 33.4 Å². The average molecular weight is 334 g/mol. The minimum absolute atomic E-state index is 0.211. The molecule has 0 atom stereocenters. The third kappa shape index (κ3) is 5.53. The number of rotatable bonds is 9. The van der Waals surface area contributed by atoms with Gasteiger partial charge in [-0.15, -0.1) is 0 Å². The van der Waals surface area contributed by atoms with Crippen molar-refractivity contribution in [2.45, 2.75) is 26.2 Å². The highest BCUT2D eigenvalue weighted by molar-refractivity contribution is 5.83. The molecule has 0 bridgehead atoms. The summed E-state index contributed by atoms with van der Waals surface area (Å²) in [5, 5.41) is 7.42. The number of guanidine groups is 1. The largest absolute Gasteiger partial charge is 0.380 e. The summed E-state index contributed by atoms with van der Waals surface area (Å²) in [6.07, 6.45) is 4.97. The number of fused-ring (bicyclic) bond motifs is 1. The highest BCUT2D eigenvalue weighted by atomic mass is 19.1. The summed E-state index contributed by atoms with van der Waals surface area (Å²) in [6, 6.07) is 4.80. The van der Waals surface area contributed by atoms with Crippen molar-refractivity contribution in [1.82, 2.24) is 15.6 Å². The molecule has 24 heavy (non-hydrogen) atoms. The van der Waals surface area contributed by atoms with Crippen LogP contribution in [0.5, 0.6) is 0 Å². The van der Waals surface area contributed by atoms with E-state index < -0.39 is 0 Å². The minimum Gasteiger partial charge on any atom is -0.380 e. The van der Waals surface area contributed by atoms with Crippen molar-refractivity contribution in [3.63, 3.8) is 0 Å². The Labute approximate surface area is 142 Å². The molecule has 6 heteroatoms. The van der Waals surface area contributed by atoms with Gasteiger partial charge in [0, 0.05) is 43.8 Å². The lowest BCUT2D eigenvalue weighted by Crippen LogP contribution is -2.39. The van der Waals surface area contributed by atoms with E-state index in [9.17, 15) is 4.39 Å². The van der Waals surface area contributed by atoms with E-state index >= 15 is 0 Å². The van der Waals surface area contributed by atoms with E-state index in [1.807, 2.05) is 6.20 Å². The van der Waals surface area contributed by atoms with Gasteiger partial charge >= 0.3 is 0 Å². The van der Waals surface area contributed by atoms with Gasteiger partial charge in [-0.25, -0.2) is 4.39 Å². The lowest BCUT2D eigenvalue weighted by atomic mass is 10.1. The van der Waals surface area contributed by atoms with Crippen LogP contribution in [0.15, 0.2) is 29.4 Å². The van der Waals surface area contributed by atoms with Gasteiger partial charge in [0.1, 0.15) is 5.82 Å². The van der Waals surface area contributed by atoms with Gasteiger partial charge in [0.25, 0.3) is 0 Å². The maximum atomic E-state index is 13.4. The molecule has 0 spiro atoms. The number of hydrogen-bond donors (Lipinski definition) is 3. The van der Waals surface area contributed by atoms with Crippen molar-refractivity contribution in [1.29, 1.82) is 0 Å². The zero-order valence-corrected chi connectivity index (χ0v) is 14.5. The second-order valence-electron chi connectivity index (χ2n) is 5.65. The maximum absolute atomic E-state index is 13.4. The Kier molecular flexibility index (Phi) is 7.55. The van der Waals surface area contributed by atoms with Gasteiger partial charge in [-0.05, 0) is 36.6 Å². The van der Waals surface area contributed by atoms with Crippen LogP contribution < -0.4 is 10.6 Å². The minimum atomic E-state index is -0.211. The van der Waals surface area contributed by atoms with E-state index in [-0.39, 0.29) is 5.82 Å². The first-order valence-electron chi connectivity index (χ1n) is 8.52. The number of aliphatic imine (C=N–C) groups is 1. The Morgan fingerprint density at radius 2 is 2.08 bits per heavy atom. The zero-order valence-electron chi connectivity index (χ0n) is 14.5. The van der Waals surface area contributed by atoms with Crippen LogP contribution in [0, 0.1) is 5.82 Å². The number of H-pyrrole nitrogens is 1. The van der Waals surface area contributed by atoms with Crippen LogP contribution in [0.25, 0.3) is 10.9 Å². The number of aromatic amines is 1. The van der Waals surface area contributed by atoms with Gasteiger partial charge < -0.3 is 20.4 Å². The number of nitrogens with one attached hydrogen (secondary N) is 3. The number of hydrogen-bond acceptors (Lipinski definition) is 2. The SMILES string of the molecule is CCCCOCCNC(=NC)NCCc1c[nH]c2ccc(F)cc12. The van der Waals surface area contributed by atoms with Crippen LogP contribution in [0.4, 0.5) is 4.39 Å². The normalized spacial score (nSPS) is 11.9. The third-order valence-electron chi connectivity index (χ3n) is 3.82. The number of benzene rings is 1. The molecule has 0 amide bonds. The lowest BCUT2D eigenvalue weighted by Gasteiger charge is -2.12. The smallest absolute Gasteiger partial charge is 0.191 e. The van der Waals surface area contributed by atoms with E-state index in [1.54, 1.807) is 19.2 Å². The Morgan fingerprint density at radius 3 is 2.88 bits per heavy atom. The summed E-state index contributed by atoms with van der Waals surface area (Å²) in [5.74, 6) is 0.539. The van der Waals surface area contributed by atoms with Gasteiger partial charge in [-0.2, -0.15) is 0 Å². The molecule has 1 aromatic carbocycles. The molecule has 0 aliphatic rings. The Morgan fingerprint density at radius 1 is 1.25 bits per heavy atom. The fourth-order valence-electron chi connectivity index (χ4n) is 2.48. The predicted octanol–water partition coefficient (Wildman–Crippen LogP) is 2.83. The van der Waals surface area contributed by atoms with Crippen LogP contribution in [-0.2, 0) is 11.2 Å². The van der Waals surface area contributed by atoms with Crippen LogP contribution >= 0.6 is 0 Å². The summed E-state index contributed by atoms with van der Waals surface area (Å²) in [6.45, 7) is 5.07. The van der Waals surface area contributed by atoms with Gasteiger partial charge in [-0.3, -0.25) is 4.99 Å². The van der Waals surface area contributed by atoms with Gasteiger partial charge in [-0.1, -0.05) is 13.3 Å². The van der Waals surface area contributed by atoms with Gasteiger partial charge in [0.2, 0.25) is 0 Å². The molecule has 0 saturated heterocycles. The summed E-state index contributed by atoms with van der Waals surface area (Å²) in [7, 11) is 1.74. The van der Waals surface area contributed by atoms with E-state index in [1.165, 1.54) is 6.07 Å². The monoisotopic (exact) mass is 334 g/mol. The molecule has 0 fully saturated rings. The average Bonchev–Trinajstić information content (AvgIpc) is 2.98. The summed E-state index contributed by atoms with van der Waals surface area (Å²) < 4.78 is 18.9. The summed E-state index contributed by atoms with van der Waals surface area (Å²) >= 11 is 0. The fraction of sp³-hybridized carbons (Fsp3) is 0.500. The summed E-state index contributed by atoms with van der Waals surface area (Å²) in [5.41, 5.74) is 2.05. The topological polar surface area (TPSA) is 61.4 Å². The Hall–Kier alpha value is -2.08. The Balaban J connectivity index is 1.72. The molecule has 132 valence electrons. The molecule has 0 aliphatic heterocycles. The quantitative estimate of drug-likeness (QED) is 0.375. The first-order valence-corrected chi connectivity index (χ1v) is 8.52. The molecule has 0 unspecified atom stereocenters. The molecule has 0 saturated carbocycles. The molecule has 2 aromatic rings. The second kappa shape index (κ2) is 9.93. The standard InChI is InChI=1S/C18H27FN4O/c1-3-4-10-24-11-9-22-18(20-2)21-8-7-14-13-23-17-6-5-15(19)12-16(14)17/h5-6,12-13,23H,3-4,7-11H2,1-2H3,(H2,20,21,22). The molecule has 0 aliphatic carbocycles. The number of aromatic nitrogens is 1. The number of unbranched alkanes of at least 4 members (excludes halogenated alkanes) is 1. The van der Waals surface area contributed by atoms with Gasteiger partial charge in [0.15, 0.2) is 5.96 Å². The fourth-order valence-corrected chi connectivity index (χ4v) is 2.48. The van der Waals surface area contributed by atoms with Crippen molar-refractivity contribution in [3.8, 4) is 0 Å². The van der Waals surface area contributed by atoms with E-state index in [2.05, 4.69) is 27.5 Å². The highest BCUT2D eigenvalue weighted by Gasteiger charge is 2.05. The summed E-state index contributed by atoms with van der Waals surface area (Å²) in [4.78, 5) is 7.36. The van der Waals surface area contributed by atoms with Crippen LogP contribution in [0.3, 0.4) is 0 Å². The molecular formula is C18H27FN4O. The van der Waals surface area contributed by atoms with Crippen LogP contribution in [0.1, 0.15) is 25.3 Å². The molecule has 0 radical (unpaired) electrons. The van der Waals surface area contributed by atoms with E-state index in [4.69, 9.17) is 4.74 Å². The molecule has 1 aromatic heterocycles. The second-order valence-corrected chi connectivity index (χ2v) is 5.65. The number of ether oxygens (including phenoxy) is 1. The first kappa shape index (κ1) is 18.3. The van der Waals surface area contributed by atoms with Gasteiger partial charge in [0.05, 0.1) is 6.61 Å². The van der Waals surface area contributed by atoms with E-state index in [0.29, 0.717) is 6.61 Å². The zero-order chi connectivity index (χ0) is 17.2. The van der Waals surface area contributed by atoms with Crippen molar-refractivity contribution in [2.24, 2.45) is 4.99 Å². The predicted molar refractivity (Wildman–Crippen MR) is 97.1 cm³/mol. The molecule has 5 nitrogen and oxygen atoms in total. The Bertz CT molecular complexity index is 654. The molecule has 2 rings (SSSR count). The van der Waals surface area contributed by atoms with Crippen molar-refractivity contribution in [3.05, 3.63) is 35.8 Å². The van der Waals surface area contributed by atoms with E-state index in [0.717, 1.165) is 61.4 Å². The first-order chi connectivity index (χ1) is 11.7. The number of nitrogens with zero attached hydrogens (tertiary/aromatic N) is 1. The maximum Gasteiger partial charge on any atom is 0.191 e. The molecule has 3 N–H and O–H groups in total. The van der Waals surface area contributed by atoms with Crippen molar-refractivity contribution >= 4 is 16.9 Å². The third-order valence-corrected chi connectivity index (χ3v) is 3.82.